The third-order valence-electron chi connectivity index (χ3n) is 6.19. The van der Waals surface area contributed by atoms with E-state index in [1.807, 2.05) is 24.3 Å². The maximum absolute atomic E-state index is 13.5. The largest absolute Gasteiger partial charge is 0.507 e. The van der Waals surface area contributed by atoms with E-state index in [9.17, 15) is 24.6 Å². The van der Waals surface area contributed by atoms with Crippen LogP contribution >= 0.6 is 23.2 Å². The molecule has 10 nitrogen and oxygen atoms in total. The standard InChI is InChI=1S/C26H20Cl2N4O6/c27-20-8-16(32-26(37)30-23(35)11-29-32)9-21(28)24(20)38-18-5-6-22(34)19(10-18)25(36)31-12-15-4-2-1-3-14(15)7-17(31)13-33/h1-6,8-11,17,33-34H,7,12-13H2,(H,30,35,37). The molecule has 0 fully saturated rings. The predicted molar refractivity (Wildman–Crippen MR) is 140 cm³/mol. The van der Waals surface area contributed by atoms with Crippen LogP contribution in [0.3, 0.4) is 0 Å². The van der Waals surface area contributed by atoms with Gasteiger partial charge in [-0.25, -0.2) is 4.79 Å². The van der Waals surface area contributed by atoms with Crippen LogP contribution in [0.2, 0.25) is 10.0 Å². The van der Waals surface area contributed by atoms with E-state index in [0.29, 0.717) is 6.42 Å². The molecule has 1 amide bonds. The molecule has 3 aromatic carbocycles. The number of halogens is 2. The van der Waals surface area contributed by atoms with Crippen molar-refractivity contribution in [3.05, 3.63) is 108 Å². The number of rotatable bonds is 5. The fraction of sp³-hybridized carbons (Fsp3) is 0.154. The number of benzene rings is 3. The summed E-state index contributed by atoms with van der Waals surface area (Å²) in [6.07, 6.45) is 1.42. The monoisotopic (exact) mass is 554 g/mol. The van der Waals surface area contributed by atoms with Gasteiger partial charge in [0.2, 0.25) is 0 Å². The molecule has 1 aromatic heterocycles. The normalized spacial score (nSPS) is 14.7. The summed E-state index contributed by atoms with van der Waals surface area (Å²) >= 11 is 12.8. The van der Waals surface area contributed by atoms with E-state index in [2.05, 4.69) is 10.1 Å². The molecule has 1 atom stereocenters. The zero-order valence-electron chi connectivity index (χ0n) is 19.6. The molecule has 0 bridgehead atoms. The van der Waals surface area contributed by atoms with E-state index in [4.69, 9.17) is 27.9 Å². The smallest absolute Gasteiger partial charge is 0.349 e. The Labute approximate surface area is 225 Å². The summed E-state index contributed by atoms with van der Waals surface area (Å²) in [6.45, 7) is 0.0455. The Morgan fingerprint density at radius 3 is 2.47 bits per heavy atom. The number of fused-ring (bicyclic) bond motifs is 1. The lowest BCUT2D eigenvalue weighted by molar-refractivity contribution is 0.0541. The Balaban J connectivity index is 1.44. The lowest BCUT2D eigenvalue weighted by atomic mass is 9.93. The Morgan fingerprint density at radius 1 is 1.08 bits per heavy atom. The van der Waals surface area contributed by atoms with Crippen molar-refractivity contribution in [2.24, 2.45) is 0 Å². The number of aromatic amines is 1. The van der Waals surface area contributed by atoms with Gasteiger partial charge in [-0.1, -0.05) is 47.5 Å². The van der Waals surface area contributed by atoms with E-state index in [-0.39, 0.29) is 51.7 Å². The van der Waals surface area contributed by atoms with Crippen LogP contribution in [0, 0.1) is 0 Å². The Hall–Kier alpha value is -4.12. The molecule has 12 heteroatoms. The Kier molecular flexibility index (Phi) is 6.94. The van der Waals surface area contributed by atoms with Crippen molar-refractivity contribution in [2.45, 2.75) is 19.0 Å². The highest BCUT2D eigenvalue weighted by Gasteiger charge is 2.31. The number of carbonyl (C=O) groups is 1. The van der Waals surface area contributed by atoms with E-state index in [1.165, 1.54) is 35.2 Å². The van der Waals surface area contributed by atoms with Crippen molar-refractivity contribution >= 4 is 29.1 Å². The minimum Gasteiger partial charge on any atom is -0.507 e. The maximum Gasteiger partial charge on any atom is 0.349 e. The molecule has 0 aliphatic carbocycles. The molecule has 0 radical (unpaired) electrons. The van der Waals surface area contributed by atoms with E-state index in [1.54, 1.807) is 0 Å². The molecular weight excluding hydrogens is 535 g/mol. The van der Waals surface area contributed by atoms with Crippen LogP contribution in [0.15, 0.2) is 70.4 Å². The summed E-state index contributed by atoms with van der Waals surface area (Å²) in [5.74, 6) is -0.523. The van der Waals surface area contributed by atoms with Gasteiger partial charge in [0.25, 0.3) is 11.5 Å². The highest BCUT2D eigenvalue weighted by Crippen LogP contribution is 2.39. The lowest BCUT2D eigenvalue weighted by Crippen LogP contribution is -2.46. The first-order valence-electron chi connectivity index (χ1n) is 11.4. The van der Waals surface area contributed by atoms with Crippen LogP contribution in [0.4, 0.5) is 0 Å². The van der Waals surface area contributed by atoms with Crippen LogP contribution in [-0.4, -0.2) is 48.4 Å². The van der Waals surface area contributed by atoms with E-state index in [0.717, 1.165) is 22.0 Å². The second-order valence-corrected chi connectivity index (χ2v) is 9.43. The second kappa shape index (κ2) is 10.3. The molecule has 4 aromatic rings. The summed E-state index contributed by atoms with van der Waals surface area (Å²) < 4.78 is 6.77. The fourth-order valence-corrected chi connectivity index (χ4v) is 4.87. The first-order valence-corrected chi connectivity index (χ1v) is 12.2. The van der Waals surface area contributed by atoms with Gasteiger partial charge in [0.1, 0.15) is 17.7 Å². The van der Waals surface area contributed by atoms with E-state index < -0.39 is 23.2 Å². The quantitative estimate of drug-likeness (QED) is 0.344. The number of aromatic hydroxyl groups is 1. The minimum absolute atomic E-state index is 0.0202. The van der Waals surface area contributed by atoms with Gasteiger partial charge in [-0.2, -0.15) is 9.78 Å². The van der Waals surface area contributed by atoms with Gasteiger partial charge in [-0.15, -0.1) is 0 Å². The van der Waals surface area contributed by atoms with Crippen LogP contribution < -0.4 is 16.0 Å². The molecule has 1 aliphatic rings. The zero-order valence-corrected chi connectivity index (χ0v) is 21.1. The summed E-state index contributed by atoms with van der Waals surface area (Å²) in [6, 6.07) is 14.1. The number of nitrogens with one attached hydrogen (secondary N) is 1. The lowest BCUT2D eigenvalue weighted by Gasteiger charge is -2.36. The number of H-pyrrole nitrogens is 1. The Morgan fingerprint density at radius 2 is 1.79 bits per heavy atom. The predicted octanol–water partition coefficient (Wildman–Crippen LogP) is 3.28. The summed E-state index contributed by atoms with van der Waals surface area (Å²) in [5, 5.41) is 24.3. The van der Waals surface area contributed by atoms with Crippen molar-refractivity contribution in [3.8, 4) is 22.9 Å². The maximum atomic E-state index is 13.5. The highest BCUT2D eigenvalue weighted by atomic mass is 35.5. The summed E-state index contributed by atoms with van der Waals surface area (Å²) in [5.41, 5.74) is 0.765. The van der Waals surface area contributed by atoms with Crippen molar-refractivity contribution in [1.82, 2.24) is 19.7 Å². The van der Waals surface area contributed by atoms with Crippen molar-refractivity contribution in [2.75, 3.05) is 6.61 Å². The third kappa shape index (κ3) is 4.89. The van der Waals surface area contributed by atoms with Crippen LogP contribution in [0.25, 0.3) is 5.69 Å². The third-order valence-corrected chi connectivity index (χ3v) is 6.75. The number of phenolic OH excluding ortho intramolecular Hbond substituents is 1. The number of aromatic nitrogens is 3. The average molecular weight is 555 g/mol. The van der Waals surface area contributed by atoms with Gasteiger partial charge in [0.05, 0.1) is 33.9 Å². The van der Waals surface area contributed by atoms with Crippen LogP contribution in [0.1, 0.15) is 21.5 Å². The van der Waals surface area contributed by atoms with Gasteiger partial charge < -0.3 is 19.8 Å². The van der Waals surface area contributed by atoms with Gasteiger partial charge >= 0.3 is 5.69 Å². The Bertz CT molecular complexity index is 1650. The SMILES string of the molecule is O=C(c1cc(Oc2c(Cl)cc(-n3ncc(=O)[nH]c3=O)cc2Cl)ccc1O)N1Cc2ccccc2CC1CO. The molecule has 38 heavy (non-hydrogen) atoms. The molecule has 194 valence electrons. The van der Waals surface area contributed by atoms with E-state index >= 15 is 0 Å². The molecule has 0 spiro atoms. The number of amides is 1. The summed E-state index contributed by atoms with van der Waals surface area (Å²) in [7, 11) is 0. The topological polar surface area (TPSA) is 138 Å². The number of hydrogen-bond donors (Lipinski definition) is 3. The summed E-state index contributed by atoms with van der Waals surface area (Å²) in [4.78, 5) is 40.4. The number of hydrogen-bond acceptors (Lipinski definition) is 7. The van der Waals surface area contributed by atoms with Gasteiger partial charge in [-0.3, -0.25) is 14.6 Å². The molecule has 0 saturated carbocycles. The van der Waals surface area contributed by atoms with Crippen molar-refractivity contribution in [3.63, 3.8) is 0 Å². The van der Waals surface area contributed by atoms with Gasteiger partial charge in [-0.05, 0) is 47.9 Å². The number of aliphatic hydroxyl groups excluding tert-OH is 1. The molecule has 1 unspecified atom stereocenters. The second-order valence-electron chi connectivity index (χ2n) is 8.61. The average Bonchev–Trinajstić information content (AvgIpc) is 2.90. The first kappa shape index (κ1) is 25.5. The van der Waals surface area contributed by atoms with Crippen LogP contribution in [-0.2, 0) is 13.0 Å². The molecule has 0 saturated heterocycles. The molecular formula is C26H20Cl2N4O6. The fourth-order valence-electron chi connectivity index (χ4n) is 4.31. The molecule has 5 rings (SSSR count). The zero-order chi connectivity index (χ0) is 27.0. The number of aliphatic hydroxyl groups is 1. The van der Waals surface area contributed by atoms with Crippen molar-refractivity contribution < 1.29 is 19.7 Å². The van der Waals surface area contributed by atoms with Crippen LogP contribution in [0.5, 0.6) is 17.2 Å². The van der Waals surface area contributed by atoms with Gasteiger partial charge in [0.15, 0.2) is 5.75 Å². The minimum atomic E-state index is -0.776. The number of nitrogens with zero attached hydrogens (tertiary/aromatic N) is 3. The first-order chi connectivity index (χ1) is 18.2. The molecule has 1 aliphatic heterocycles. The number of carbonyl (C=O) groups excluding carboxylic acids is 1. The highest BCUT2D eigenvalue weighted by molar-refractivity contribution is 6.37. The molecule has 3 N–H and O–H groups in total. The molecule has 2 heterocycles. The number of phenols is 1. The van der Waals surface area contributed by atoms with Crippen molar-refractivity contribution in [1.29, 1.82) is 0 Å². The van der Waals surface area contributed by atoms with Gasteiger partial charge in [0, 0.05) is 6.54 Å². The number of ether oxygens (including phenoxy) is 1.